The van der Waals surface area contributed by atoms with Crippen molar-refractivity contribution >= 4 is 23.2 Å². The summed E-state index contributed by atoms with van der Waals surface area (Å²) in [5.41, 5.74) is 3.62. The second-order valence-corrected chi connectivity index (χ2v) is 8.53. The molecular weight excluding hydrogens is 352 g/mol. The summed E-state index contributed by atoms with van der Waals surface area (Å²) in [4.78, 5) is 26.5. The van der Waals surface area contributed by atoms with Crippen molar-refractivity contribution in [3.63, 3.8) is 0 Å². The molecule has 148 valence electrons. The molecule has 0 saturated heterocycles. The first-order valence-electron chi connectivity index (χ1n) is 9.62. The van der Waals surface area contributed by atoms with Crippen LogP contribution in [0.15, 0.2) is 42.5 Å². The fourth-order valence-electron chi connectivity index (χ4n) is 3.16. The number of carbonyl (C=O) groups is 2. The maximum Gasteiger partial charge on any atom is 0.265 e. The van der Waals surface area contributed by atoms with Crippen LogP contribution in [0.2, 0.25) is 0 Å². The number of anilines is 2. The van der Waals surface area contributed by atoms with E-state index in [4.69, 9.17) is 4.74 Å². The van der Waals surface area contributed by atoms with E-state index in [0.29, 0.717) is 17.4 Å². The van der Waals surface area contributed by atoms with Gasteiger partial charge >= 0.3 is 0 Å². The minimum Gasteiger partial charge on any atom is -0.482 e. The van der Waals surface area contributed by atoms with Gasteiger partial charge in [-0.2, -0.15) is 0 Å². The maximum atomic E-state index is 12.6. The number of rotatable bonds is 4. The molecule has 0 radical (unpaired) electrons. The number of carbonyl (C=O) groups excluding carboxylic acids is 2. The summed E-state index contributed by atoms with van der Waals surface area (Å²) in [5, 5.41) is 2.90. The first-order chi connectivity index (χ1) is 13.1. The molecule has 2 aromatic carbocycles. The van der Waals surface area contributed by atoms with Crippen LogP contribution in [0.5, 0.6) is 5.75 Å². The van der Waals surface area contributed by atoms with Gasteiger partial charge in [-0.25, -0.2) is 0 Å². The Kier molecular flexibility index (Phi) is 5.45. The molecule has 0 fully saturated rings. The normalized spacial score (nSPS) is 13.9. The molecule has 2 aromatic rings. The molecule has 1 aliphatic heterocycles. The van der Waals surface area contributed by atoms with Gasteiger partial charge in [-0.05, 0) is 46.7 Å². The zero-order chi connectivity index (χ0) is 20.5. The first kappa shape index (κ1) is 19.9. The Morgan fingerprint density at radius 2 is 1.93 bits per heavy atom. The number of fused-ring (bicyclic) bond motifs is 1. The van der Waals surface area contributed by atoms with Gasteiger partial charge in [-0.15, -0.1) is 0 Å². The number of ether oxygens (including phenoxy) is 1. The van der Waals surface area contributed by atoms with Crippen LogP contribution in [-0.2, 0) is 15.0 Å². The standard InChI is InChI=1S/C23H28N2O3/c1-15(2)16-7-6-8-18(11-16)24-21(26)13-25-19-10-9-17(23(3,4)5)12-20(19)28-14-22(25)27/h6-12,15H,13-14H2,1-5H3,(H,24,26). The lowest BCUT2D eigenvalue weighted by atomic mass is 9.86. The maximum absolute atomic E-state index is 12.6. The Bertz CT molecular complexity index is 897. The van der Waals surface area contributed by atoms with Crippen molar-refractivity contribution in [3.8, 4) is 5.75 Å². The Morgan fingerprint density at radius 3 is 2.61 bits per heavy atom. The zero-order valence-electron chi connectivity index (χ0n) is 17.2. The van der Waals surface area contributed by atoms with Crippen LogP contribution in [-0.4, -0.2) is 25.0 Å². The highest BCUT2D eigenvalue weighted by molar-refractivity contribution is 6.05. The second-order valence-electron chi connectivity index (χ2n) is 8.53. The number of nitrogens with zero attached hydrogens (tertiary/aromatic N) is 1. The second kappa shape index (κ2) is 7.66. The summed E-state index contributed by atoms with van der Waals surface area (Å²) < 4.78 is 5.62. The van der Waals surface area contributed by atoms with Gasteiger partial charge < -0.3 is 10.1 Å². The Labute approximate surface area is 166 Å². The van der Waals surface area contributed by atoms with Gasteiger partial charge in [-0.1, -0.05) is 52.8 Å². The van der Waals surface area contributed by atoms with E-state index in [9.17, 15) is 9.59 Å². The summed E-state index contributed by atoms with van der Waals surface area (Å²) in [5.74, 6) is 0.562. The van der Waals surface area contributed by atoms with Gasteiger partial charge in [0.2, 0.25) is 5.91 Å². The summed E-state index contributed by atoms with van der Waals surface area (Å²) in [6.07, 6.45) is 0. The lowest BCUT2D eigenvalue weighted by Crippen LogP contribution is -2.43. The van der Waals surface area contributed by atoms with Crippen LogP contribution in [0.3, 0.4) is 0 Å². The van der Waals surface area contributed by atoms with Gasteiger partial charge in [0, 0.05) is 5.69 Å². The minimum atomic E-state index is -0.234. The number of hydrogen-bond donors (Lipinski definition) is 1. The molecule has 0 aromatic heterocycles. The fourth-order valence-corrected chi connectivity index (χ4v) is 3.16. The van der Waals surface area contributed by atoms with E-state index >= 15 is 0 Å². The summed E-state index contributed by atoms with van der Waals surface area (Å²) in [6, 6.07) is 13.6. The van der Waals surface area contributed by atoms with E-state index in [1.807, 2.05) is 42.5 Å². The first-order valence-corrected chi connectivity index (χ1v) is 9.62. The molecule has 28 heavy (non-hydrogen) atoms. The van der Waals surface area contributed by atoms with Gasteiger partial charge in [0.15, 0.2) is 6.61 Å². The van der Waals surface area contributed by atoms with E-state index in [1.165, 1.54) is 4.90 Å². The number of amides is 2. The Hall–Kier alpha value is -2.82. The molecule has 1 aliphatic rings. The lowest BCUT2D eigenvalue weighted by molar-refractivity contribution is -0.123. The van der Waals surface area contributed by atoms with E-state index in [2.05, 4.69) is 39.9 Å². The van der Waals surface area contributed by atoms with E-state index in [-0.39, 0.29) is 30.4 Å². The average molecular weight is 380 g/mol. The zero-order valence-corrected chi connectivity index (χ0v) is 17.2. The molecule has 0 bridgehead atoms. The summed E-state index contributed by atoms with van der Waals surface area (Å²) in [6.45, 7) is 10.5. The van der Waals surface area contributed by atoms with Crippen LogP contribution < -0.4 is 15.0 Å². The van der Waals surface area contributed by atoms with Crippen molar-refractivity contribution in [1.29, 1.82) is 0 Å². The SMILES string of the molecule is CC(C)c1cccc(NC(=O)CN2C(=O)COc3cc(C(C)(C)C)ccc32)c1. The topological polar surface area (TPSA) is 58.6 Å². The summed E-state index contributed by atoms with van der Waals surface area (Å²) >= 11 is 0. The third kappa shape index (κ3) is 4.35. The van der Waals surface area contributed by atoms with Crippen molar-refractivity contribution in [1.82, 2.24) is 0 Å². The molecule has 3 rings (SSSR count). The van der Waals surface area contributed by atoms with Crippen LogP contribution in [0.1, 0.15) is 51.7 Å². The number of hydrogen-bond acceptors (Lipinski definition) is 3. The van der Waals surface area contributed by atoms with Crippen LogP contribution >= 0.6 is 0 Å². The van der Waals surface area contributed by atoms with Crippen molar-refractivity contribution in [2.24, 2.45) is 0 Å². The van der Waals surface area contributed by atoms with Gasteiger partial charge in [0.1, 0.15) is 12.3 Å². The molecule has 0 saturated carbocycles. The van der Waals surface area contributed by atoms with Crippen LogP contribution in [0, 0.1) is 0 Å². The van der Waals surface area contributed by atoms with Gasteiger partial charge in [0.25, 0.3) is 5.91 Å². The molecular formula is C23H28N2O3. The molecule has 1 N–H and O–H groups in total. The lowest BCUT2D eigenvalue weighted by Gasteiger charge is -2.30. The fraction of sp³-hybridized carbons (Fsp3) is 0.391. The predicted molar refractivity (Wildman–Crippen MR) is 112 cm³/mol. The summed E-state index contributed by atoms with van der Waals surface area (Å²) in [7, 11) is 0. The predicted octanol–water partition coefficient (Wildman–Crippen LogP) is 4.47. The molecule has 5 heteroatoms. The van der Waals surface area contributed by atoms with Crippen molar-refractivity contribution < 1.29 is 14.3 Å². The Balaban J connectivity index is 1.78. The van der Waals surface area contributed by atoms with Crippen molar-refractivity contribution in [2.45, 2.75) is 46.0 Å². The molecule has 0 atom stereocenters. The van der Waals surface area contributed by atoms with Crippen LogP contribution in [0.4, 0.5) is 11.4 Å². The third-order valence-corrected chi connectivity index (χ3v) is 4.91. The van der Waals surface area contributed by atoms with Crippen molar-refractivity contribution in [2.75, 3.05) is 23.4 Å². The highest BCUT2D eigenvalue weighted by atomic mass is 16.5. The monoisotopic (exact) mass is 380 g/mol. The molecule has 0 spiro atoms. The van der Waals surface area contributed by atoms with Gasteiger partial charge in [-0.3, -0.25) is 14.5 Å². The molecule has 5 nitrogen and oxygen atoms in total. The third-order valence-electron chi connectivity index (χ3n) is 4.91. The number of nitrogens with one attached hydrogen (secondary N) is 1. The quantitative estimate of drug-likeness (QED) is 0.851. The van der Waals surface area contributed by atoms with E-state index in [0.717, 1.165) is 16.8 Å². The Morgan fingerprint density at radius 1 is 1.18 bits per heavy atom. The minimum absolute atomic E-state index is 0.0243. The molecule has 2 amide bonds. The van der Waals surface area contributed by atoms with E-state index in [1.54, 1.807) is 0 Å². The van der Waals surface area contributed by atoms with E-state index < -0.39 is 0 Å². The molecule has 0 aliphatic carbocycles. The highest BCUT2D eigenvalue weighted by Crippen LogP contribution is 2.36. The smallest absolute Gasteiger partial charge is 0.265 e. The largest absolute Gasteiger partial charge is 0.482 e. The van der Waals surface area contributed by atoms with Crippen LogP contribution in [0.25, 0.3) is 0 Å². The molecule has 0 unspecified atom stereocenters. The van der Waals surface area contributed by atoms with Gasteiger partial charge in [0.05, 0.1) is 5.69 Å². The average Bonchev–Trinajstić information content (AvgIpc) is 2.63. The number of benzene rings is 2. The highest BCUT2D eigenvalue weighted by Gasteiger charge is 2.28. The van der Waals surface area contributed by atoms with Crippen molar-refractivity contribution in [3.05, 3.63) is 53.6 Å². The molecule has 1 heterocycles.